The number of rotatable bonds is 4. The Morgan fingerprint density at radius 2 is 2.00 bits per heavy atom. The van der Waals surface area contributed by atoms with E-state index in [0.717, 1.165) is 18.4 Å². The van der Waals surface area contributed by atoms with Gasteiger partial charge in [-0.15, -0.1) is 0 Å². The largest absolute Gasteiger partial charge is 0.299 e. The Balaban J connectivity index is 1.93. The maximum Gasteiger partial charge on any atom is 0.141 e. The molecule has 0 saturated heterocycles. The van der Waals surface area contributed by atoms with E-state index in [1.165, 1.54) is 18.4 Å². The van der Waals surface area contributed by atoms with Gasteiger partial charge in [-0.25, -0.2) is 0 Å². The molecule has 1 aromatic rings. The molecule has 2 heteroatoms. The van der Waals surface area contributed by atoms with Crippen LogP contribution in [0.3, 0.4) is 0 Å². The minimum absolute atomic E-state index is 0.270. The molecule has 0 atom stereocenters. The zero-order chi connectivity index (χ0) is 12.1. The normalized spacial score (nSPS) is 15.5. The molecule has 0 saturated carbocycles. The highest BCUT2D eigenvalue weighted by molar-refractivity contribution is 6.31. The summed E-state index contributed by atoms with van der Waals surface area (Å²) < 4.78 is 0. The van der Waals surface area contributed by atoms with Crippen molar-refractivity contribution in [1.29, 1.82) is 0 Å². The Kier molecular flexibility index (Phi) is 4.38. The quantitative estimate of drug-likeness (QED) is 0.725. The smallest absolute Gasteiger partial charge is 0.141 e. The SMILES string of the molecule is O=C(CC1=CCCCC1)Cc1ccccc1Cl. The average molecular weight is 249 g/mol. The van der Waals surface area contributed by atoms with E-state index in [1.54, 1.807) is 0 Å². The molecule has 1 aromatic carbocycles. The average Bonchev–Trinajstić information content (AvgIpc) is 2.33. The van der Waals surface area contributed by atoms with Gasteiger partial charge in [0.1, 0.15) is 5.78 Å². The molecule has 0 aliphatic heterocycles. The number of allylic oxidation sites excluding steroid dienone is 2. The van der Waals surface area contributed by atoms with Crippen LogP contribution in [0.15, 0.2) is 35.9 Å². The highest BCUT2D eigenvalue weighted by Crippen LogP contribution is 2.22. The van der Waals surface area contributed by atoms with Crippen LogP contribution in [0.2, 0.25) is 5.02 Å². The van der Waals surface area contributed by atoms with E-state index in [1.807, 2.05) is 24.3 Å². The van der Waals surface area contributed by atoms with Crippen LogP contribution >= 0.6 is 11.6 Å². The van der Waals surface area contributed by atoms with Crippen molar-refractivity contribution < 1.29 is 4.79 Å². The fourth-order valence-corrected chi connectivity index (χ4v) is 2.44. The van der Waals surface area contributed by atoms with E-state index in [2.05, 4.69) is 6.08 Å². The number of halogens is 1. The summed E-state index contributed by atoms with van der Waals surface area (Å²) in [6, 6.07) is 7.58. The third-order valence-electron chi connectivity index (χ3n) is 3.15. The van der Waals surface area contributed by atoms with Crippen LogP contribution in [0.25, 0.3) is 0 Å². The van der Waals surface area contributed by atoms with Crippen molar-refractivity contribution in [2.75, 3.05) is 0 Å². The van der Waals surface area contributed by atoms with Crippen molar-refractivity contribution in [2.24, 2.45) is 0 Å². The van der Waals surface area contributed by atoms with E-state index in [9.17, 15) is 4.79 Å². The zero-order valence-electron chi connectivity index (χ0n) is 9.92. The molecule has 0 spiro atoms. The summed E-state index contributed by atoms with van der Waals surface area (Å²) >= 11 is 6.04. The highest BCUT2D eigenvalue weighted by atomic mass is 35.5. The summed E-state index contributed by atoms with van der Waals surface area (Å²) in [6.45, 7) is 0. The van der Waals surface area contributed by atoms with E-state index in [0.29, 0.717) is 17.9 Å². The van der Waals surface area contributed by atoms with Gasteiger partial charge in [0.05, 0.1) is 0 Å². The monoisotopic (exact) mass is 248 g/mol. The van der Waals surface area contributed by atoms with Gasteiger partial charge in [0.2, 0.25) is 0 Å². The summed E-state index contributed by atoms with van der Waals surface area (Å²) in [5, 5.41) is 0.693. The maximum absolute atomic E-state index is 11.9. The molecule has 0 heterocycles. The molecule has 1 aliphatic rings. The van der Waals surface area contributed by atoms with Crippen LogP contribution in [-0.2, 0) is 11.2 Å². The molecule has 0 bridgehead atoms. The summed E-state index contributed by atoms with van der Waals surface area (Å²) in [5.74, 6) is 0.270. The first-order valence-corrected chi connectivity index (χ1v) is 6.56. The van der Waals surface area contributed by atoms with Crippen LogP contribution in [0.4, 0.5) is 0 Å². The summed E-state index contributed by atoms with van der Waals surface area (Å²) in [4.78, 5) is 11.9. The van der Waals surface area contributed by atoms with Gasteiger partial charge in [-0.1, -0.05) is 41.4 Å². The Hall–Kier alpha value is -1.08. The number of ketones is 1. The van der Waals surface area contributed by atoms with Crippen molar-refractivity contribution in [3.8, 4) is 0 Å². The van der Waals surface area contributed by atoms with E-state index in [4.69, 9.17) is 11.6 Å². The molecular weight excluding hydrogens is 232 g/mol. The van der Waals surface area contributed by atoms with Crippen LogP contribution < -0.4 is 0 Å². The van der Waals surface area contributed by atoms with Crippen LogP contribution in [0.5, 0.6) is 0 Å². The zero-order valence-corrected chi connectivity index (χ0v) is 10.7. The lowest BCUT2D eigenvalue weighted by Gasteiger charge is -2.12. The second-order valence-corrected chi connectivity index (χ2v) is 5.00. The topological polar surface area (TPSA) is 17.1 Å². The summed E-state index contributed by atoms with van der Waals surface area (Å²) in [5.41, 5.74) is 2.25. The lowest BCUT2D eigenvalue weighted by Crippen LogP contribution is -2.06. The van der Waals surface area contributed by atoms with Crippen molar-refractivity contribution in [3.05, 3.63) is 46.5 Å². The van der Waals surface area contributed by atoms with Gasteiger partial charge >= 0.3 is 0 Å². The Labute approximate surface area is 107 Å². The van der Waals surface area contributed by atoms with Crippen LogP contribution in [-0.4, -0.2) is 5.78 Å². The number of carbonyl (C=O) groups excluding carboxylic acids is 1. The standard InChI is InChI=1S/C15H17ClO/c16-15-9-5-4-8-13(15)11-14(17)10-12-6-2-1-3-7-12/h4-6,8-9H,1-3,7,10-11H2. The molecule has 17 heavy (non-hydrogen) atoms. The van der Waals surface area contributed by atoms with Gasteiger partial charge in [-0.05, 0) is 37.3 Å². The van der Waals surface area contributed by atoms with E-state index in [-0.39, 0.29) is 5.78 Å². The van der Waals surface area contributed by atoms with Crippen molar-refractivity contribution in [1.82, 2.24) is 0 Å². The van der Waals surface area contributed by atoms with Gasteiger partial charge in [0.15, 0.2) is 0 Å². The molecule has 1 aliphatic carbocycles. The van der Waals surface area contributed by atoms with Gasteiger partial charge < -0.3 is 0 Å². The number of carbonyl (C=O) groups is 1. The summed E-state index contributed by atoms with van der Waals surface area (Å²) in [6.07, 6.45) is 8.01. The molecule has 0 unspecified atom stereocenters. The summed E-state index contributed by atoms with van der Waals surface area (Å²) in [7, 11) is 0. The third-order valence-corrected chi connectivity index (χ3v) is 3.52. The van der Waals surface area contributed by atoms with Crippen LogP contribution in [0, 0.1) is 0 Å². The number of benzene rings is 1. The fraction of sp³-hybridized carbons (Fsp3) is 0.400. The minimum Gasteiger partial charge on any atom is -0.299 e. The molecule has 0 amide bonds. The fourth-order valence-electron chi connectivity index (χ4n) is 2.24. The Bertz CT molecular complexity index is 434. The van der Waals surface area contributed by atoms with Crippen molar-refractivity contribution in [2.45, 2.75) is 38.5 Å². The molecule has 90 valence electrons. The second-order valence-electron chi connectivity index (χ2n) is 4.59. The second kappa shape index (κ2) is 6.02. The first-order valence-electron chi connectivity index (χ1n) is 6.19. The lowest BCUT2D eigenvalue weighted by molar-refractivity contribution is -0.117. The predicted octanol–water partition coefficient (Wildman–Crippen LogP) is 4.34. The molecule has 0 N–H and O–H groups in total. The van der Waals surface area contributed by atoms with Gasteiger partial charge in [-0.3, -0.25) is 4.79 Å². The minimum atomic E-state index is 0.270. The number of Topliss-reactive ketones (excluding diaryl/α,β-unsaturated/α-hetero) is 1. The van der Waals surface area contributed by atoms with Gasteiger partial charge in [0, 0.05) is 17.9 Å². The van der Waals surface area contributed by atoms with Crippen molar-refractivity contribution in [3.63, 3.8) is 0 Å². The molecular formula is C15H17ClO. The van der Waals surface area contributed by atoms with E-state index < -0.39 is 0 Å². The maximum atomic E-state index is 11.9. The first-order chi connectivity index (χ1) is 8.25. The molecule has 0 aromatic heterocycles. The molecule has 0 radical (unpaired) electrons. The highest BCUT2D eigenvalue weighted by Gasteiger charge is 2.11. The van der Waals surface area contributed by atoms with Gasteiger partial charge in [-0.2, -0.15) is 0 Å². The van der Waals surface area contributed by atoms with Crippen LogP contribution in [0.1, 0.15) is 37.7 Å². The van der Waals surface area contributed by atoms with Crippen molar-refractivity contribution >= 4 is 17.4 Å². The molecule has 2 rings (SSSR count). The molecule has 0 fully saturated rings. The first kappa shape index (κ1) is 12.4. The van der Waals surface area contributed by atoms with Gasteiger partial charge in [0.25, 0.3) is 0 Å². The number of hydrogen-bond acceptors (Lipinski definition) is 1. The molecule has 1 nitrogen and oxygen atoms in total. The Morgan fingerprint density at radius 3 is 2.71 bits per heavy atom. The number of hydrogen-bond donors (Lipinski definition) is 0. The van der Waals surface area contributed by atoms with E-state index >= 15 is 0 Å². The third kappa shape index (κ3) is 3.71. The predicted molar refractivity (Wildman–Crippen MR) is 71.3 cm³/mol. The Morgan fingerprint density at radius 1 is 1.18 bits per heavy atom. The lowest BCUT2D eigenvalue weighted by atomic mass is 9.94.